The Morgan fingerprint density at radius 1 is 1.19 bits per heavy atom. The van der Waals surface area contributed by atoms with E-state index in [4.69, 9.17) is 0 Å². The number of carbonyl (C=O) groups is 2. The molecule has 0 unspecified atom stereocenters. The molecule has 0 bridgehead atoms. The number of rotatable bonds is 3. The summed E-state index contributed by atoms with van der Waals surface area (Å²) < 4.78 is 1.20. The predicted molar refractivity (Wildman–Crippen MR) is 88.6 cm³/mol. The second kappa shape index (κ2) is 6.48. The second-order valence-electron chi connectivity index (χ2n) is 5.69. The van der Waals surface area contributed by atoms with Crippen molar-refractivity contribution >= 4 is 49.4 Å². The third kappa shape index (κ3) is 3.66. The highest BCUT2D eigenvalue weighted by Gasteiger charge is 2.35. The van der Waals surface area contributed by atoms with Gasteiger partial charge in [-0.3, -0.25) is 4.79 Å². The highest BCUT2D eigenvalue weighted by molar-refractivity contribution is 9.11. The van der Waals surface area contributed by atoms with Gasteiger partial charge in [0.1, 0.15) is 0 Å². The van der Waals surface area contributed by atoms with Crippen LogP contribution in [0.25, 0.3) is 0 Å². The molecule has 1 aromatic carbocycles. The Kier molecular flexibility index (Phi) is 5.09. The van der Waals surface area contributed by atoms with Crippen LogP contribution >= 0.6 is 31.9 Å². The summed E-state index contributed by atoms with van der Waals surface area (Å²) in [4.78, 5) is 23.9. The van der Waals surface area contributed by atoms with Crippen molar-refractivity contribution in [2.45, 2.75) is 39.0 Å². The van der Waals surface area contributed by atoms with Crippen LogP contribution in [0.5, 0.6) is 0 Å². The van der Waals surface area contributed by atoms with Gasteiger partial charge in [-0.25, -0.2) is 4.79 Å². The van der Waals surface area contributed by atoms with Crippen molar-refractivity contribution in [2.24, 2.45) is 5.41 Å². The third-order valence-electron chi connectivity index (χ3n) is 4.03. The molecule has 1 fully saturated rings. The maximum Gasteiger partial charge on any atom is 0.337 e. The molecule has 0 spiro atoms. The first-order valence-electron chi connectivity index (χ1n) is 6.87. The summed E-state index contributed by atoms with van der Waals surface area (Å²) in [5, 5.41) is 12.1. The minimum atomic E-state index is -1.07. The van der Waals surface area contributed by atoms with Crippen molar-refractivity contribution in [3.05, 3.63) is 26.6 Å². The van der Waals surface area contributed by atoms with Crippen molar-refractivity contribution in [1.29, 1.82) is 0 Å². The molecule has 1 aliphatic rings. The van der Waals surface area contributed by atoms with Gasteiger partial charge in [0.25, 0.3) is 0 Å². The van der Waals surface area contributed by atoms with E-state index in [1.807, 2.05) is 6.92 Å². The van der Waals surface area contributed by atoms with Gasteiger partial charge in [-0.1, -0.05) is 42.1 Å². The van der Waals surface area contributed by atoms with E-state index in [0.717, 1.165) is 32.1 Å². The Morgan fingerprint density at radius 3 is 2.38 bits per heavy atom. The van der Waals surface area contributed by atoms with Gasteiger partial charge in [0, 0.05) is 14.4 Å². The van der Waals surface area contributed by atoms with Gasteiger partial charge in [-0.15, -0.1) is 0 Å². The van der Waals surface area contributed by atoms with Crippen LogP contribution in [0.15, 0.2) is 21.1 Å². The summed E-state index contributed by atoms with van der Waals surface area (Å²) in [6.07, 6.45) is 4.92. The number of hydrogen-bond acceptors (Lipinski definition) is 2. The average molecular weight is 419 g/mol. The summed E-state index contributed by atoms with van der Waals surface area (Å²) in [5.74, 6) is -1.17. The lowest BCUT2D eigenvalue weighted by molar-refractivity contribution is -0.126. The zero-order valence-electron chi connectivity index (χ0n) is 11.7. The third-order valence-corrected chi connectivity index (χ3v) is 5.11. The number of nitrogens with one attached hydrogen (secondary N) is 1. The number of carboxylic acid groups (broad SMARTS) is 1. The number of halogens is 2. The van der Waals surface area contributed by atoms with Crippen LogP contribution in [0.1, 0.15) is 49.4 Å². The lowest BCUT2D eigenvalue weighted by atomic mass is 9.75. The van der Waals surface area contributed by atoms with E-state index in [1.54, 1.807) is 6.07 Å². The van der Waals surface area contributed by atoms with Crippen LogP contribution in [-0.4, -0.2) is 17.0 Å². The second-order valence-corrected chi connectivity index (χ2v) is 7.46. The Balaban J connectivity index is 2.30. The SMILES string of the molecule is CC1(C(=O)Nc2c(Br)cc(Br)cc2C(=O)O)CCCCC1. The van der Waals surface area contributed by atoms with Gasteiger partial charge in [0.2, 0.25) is 5.91 Å². The first-order valence-corrected chi connectivity index (χ1v) is 8.46. The molecule has 0 atom stereocenters. The van der Waals surface area contributed by atoms with Crippen molar-refractivity contribution in [1.82, 2.24) is 0 Å². The molecule has 21 heavy (non-hydrogen) atoms. The van der Waals surface area contributed by atoms with Crippen LogP contribution in [-0.2, 0) is 4.79 Å². The van der Waals surface area contributed by atoms with Crippen molar-refractivity contribution in [3.63, 3.8) is 0 Å². The molecule has 2 rings (SSSR count). The van der Waals surface area contributed by atoms with Gasteiger partial charge in [-0.05, 0) is 40.9 Å². The quantitative estimate of drug-likeness (QED) is 0.739. The number of anilines is 1. The van der Waals surface area contributed by atoms with E-state index in [0.29, 0.717) is 14.6 Å². The number of amides is 1. The van der Waals surface area contributed by atoms with E-state index in [9.17, 15) is 14.7 Å². The molecule has 1 aromatic rings. The number of aromatic carboxylic acids is 1. The summed E-state index contributed by atoms with van der Waals surface area (Å²) >= 11 is 6.59. The van der Waals surface area contributed by atoms with Crippen LogP contribution in [0, 0.1) is 5.41 Å². The number of carboxylic acids is 1. The Labute approximate surface area is 140 Å². The van der Waals surface area contributed by atoms with Gasteiger partial charge in [-0.2, -0.15) is 0 Å². The maximum absolute atomic E-state index is 12.6. The minimum absolute atomic E-state index is 0.0732. The standard InChI is InChI=1S/C15H17Br2NO3/c1-15(5-3-2-4-6-15)14(21)18-12-10(13(19)20)7-9(16)8-11(12)17/h7-8H,2-6H2,1H3,(H,18,21)(H,19,20). The van der Waals surface area contributed by atoms with Gasteiger partial charge in [0.05, 0.1) is 11.3 Å². The fraction of sp³-hybridized carbons (Fsp3) is 0.467. The zero-order chi connectivity index (χ0) is 15.6. The van der Waals surface area contributed by atoms with E-state index in [1.165, 1.54) is 6.07 Å². The summed E-state index contributed by atoms with van der Waals surface area (Å²) in [5.41, 5.74) is -0.0212. The molecule has 1 aliphatic carbocycles. The Morgan fingerprint density at radius 2 is 1.81 bits per heavy atom. The van der Waals surface area contributed by atoms with Crippen molar-refractivity contribution < 1.29 is 14.7 Å². The average Bonchev–Trinajstić information content (AvgIpc) is 2.41. The highest BCUT2D eigenvalue weighted by Crippen LogP contribution is 2.38. The van der Waals surface area contributed by atoms with Crippen LogP contribution < -0.4 is 5.32 Å². The van der Waals surface area contributed by atoms with Gasteiger partial charge >= 0.3 is 5.97 Å². The smallest absolute Gasteiger partial charge is 0.337 e. The molecular weight excluding hydrogens is 402 g/mol. The molecule has 6 heteroatoms. The molecule has 0 heterocycles. The number of carbonyl (C=O) groups excluding carboxylic acids is 1. The zero-order valence-corrected chi connectivity index (χ0v) is 14.9. The number of benzene rings is 1. The maximum atomic E-state index is 12.6. The normalized spacial score (nSPS) is 17.3. The highest BCUT2D eigenvalue weighted by atomic mass is 79.9. The molecule has 1 amide bonds. The van der Waals surface area contributed by atoms with E-state index < -0.39 is 11.4 Å². The summed E-state index contributed by atoms with van der Waals surface area (Å²) in [6, 6.07) is 3.22. The molecule has 1 saturated carbocycles. The fourth-order valence-electron chi connectivity index (χ4n) is 2.69. The lowest BCUT2D eigenvalue weighted by Crippen LogP contribution is -2.35. The molecule has 2 N–H and O–H groups in total. The molecule has 0 aromatic heterocycles. The molecular formula is C15H17Br2NO3. The van der Waals surface area contributed by atoms with Gasteiger partial charge < -0.3 is 10.4 Å². The molecule has 4 nitrogen and oxygen atoms in total. The topological polar surface area (TPSA) is 66.4 Å². The fourth-order valence-corrected chi connectivity index (χ4v) is 4.02. The van der Waals surface area contributed by atoms with Gasteiger partial charge in [0.15, 0.2) is 0 Å². The first kappa shape index (κ1) is 16.5. The Hall–Kier alpha value is -0.880. The van der Waals surface area contributed by atoms with Crippen molar-refractivity contribution in [2.75, 3.05) is 5.32 Å². The summed E-state index contributed by atoms with van der Waals surface area (Å²) in [7, 11) is 0. The molecule has 0 radical (unpaired) electrons. The molecule has 0 aliphatic heterocycles. The minimum Gasteiger partial charge on any atom is -0.478 e. The van der Waals surface area contributed by atoms with Crippen LogP contribution in [0.2, 0.25) is 0 Å². The lowest BCUT2D eigenvalue weighted by Gasteiger charge is -2.32. The molecule has 114 valence electrons. The van der Waals surface area contributed by atoms with Crippen LogP contribution in [0.3, 0.4) is 0 Å². The largest absolute Gasteiger partial charge is 0.478 e. The van der Waals surface area contributed by atoms with Crippen molar-refractivity contribution in [3.8, 4) is 0 Å². The van der Waals surface area contributed by atoms with E-state index in [2.05, 4.69) is 37.2 Å². The monoisotopic (exact) mass is 417 g/mol. The molecule has 0 saturated heterocycles. The summed E-state index contributed by atoms with van der Waals surface area (Å²) in [6.45, 7) is 1.95. The first-order chi connectivity index (χ1) is 9.83. The van der Waals surface area contributed by atoms with Crippen LogP contribution in [0.4, 0.5) is 5.69 Å². The Bertz CT molecular complexity index is 581. The van der Waals surface area contributed by atoms with E-state index in [-0.39, 0.29) is 11.5 Å². The van der Waals surface area contributed by atoms with E-state index >= 15 is 0 Å². The number of hydrogen-bond donors (Lipinski definition) is 2. The predicted octanol–water partition coefficient (Wildman–Crippen LogP) is 4.82.